The average Bonchev–Trinajstić information content (AvgIpc) is 2.99. The van der Waals surface area contributed by atoms with Gasteiger partial charge in [-0.15, -0.1) is 0 Å². The van der Waals surface area contributed by atoms with E-state index < -0.39 is 28.5 Å². The van der Waals surface area contributed by atoms with Crippen molar-refractivity contribution in [3.8, 4) is 5.75 Å². The Morgan fingerprint density at radius 1 is 0.881 bits per heavy atom. The van der Waals surface area contributed by atoms with Crippen LogP contribution in [0.4, 0.5) is 5.69 Å². The minimum atomic E-state index is -4.09. The van der Waals surface area contributed by atoms with Crippen molar-refractivity contribution in [2.24, 2.45) is 0 Å². The number of hydrogen-bond donors (Lipinski definition) is 1. The first-order chi connectivity index (χ1) is 20.1. The monoisotopic (exact) mass is 591 g/mol. The van der Waals surface area contributed by atoms with E-state index >= 15 is 0 Å². The molecule has 42 heavy (non-hydrogen) atoms. The molecule has 4 rings (SSSR count). The molecule has 0 aromatic heterocycles. The quantitative estimate of drug-likeness (QED) is 0.323. The van der Waals surface area contributed by atoms with Gasteiger partial charge >= 0.3 is 0 Å². The van der Waals surface area contributed by atoms with Gasteiger partial charge in [0.1, 0.15) is 18.3 Å². The highest BCUT2D eigenvalue weighted by Gasteiger charge is 2.33. The van der Waals surface area contributed by atoms with E-state index in [1.807, 2.05) is 38.1 Å². The lowest BCUT2D eigenvalue weighted by atomic mass is 9.95. The molecular formula is C33H41N3O5S. The summed E-state index contributed by atoms with van der Waals surface area (Å²) in [5.74, 6) is -0.0464. The van der Waals surface area contributed by atoms with E-state index in [0.717, 1.165) is 53.1 Å². The van der Waals surface area contributed by atoms with Crippen LogP contribution in [0.25, 0.3) is 0 Å². The fourth-order valence-corrected chi connectivity index (χ4v) is 6.57. The fourth-order valence-electron chi connectivity index (χ4n) is 5.16. The molecule has 0 aliphatic heterocycles. The minimum Gasteiger partial charge on any atom is -0.497 e. The first-order valence-electron chi connectivity index (χ1n) is 14.5. The van der Waals surface area contributed by atoms with Crippen molar-refractivity contribution in [3.05, 3.63) is 89.5 Å². The smallest absolute Gasteiger partial charge is 0.264 e. The second-order valence-electron chi connectivity index (χ2n) is 11.0. The van der Waals surface area contributed by atoms with Crippen molar-refractivity contribution in [2.75, 3.05) is 18.0 Å². The first kappa shape index (κ1) is 31.1. The van der Waals surface area contributed by atoms with Crippen LogP contribution in [0.1, 0.15) is 55.7 Å². The summed E-state index contributed by atoms with van der Waals surface area (Å²) < 4.78 is 34.3. The van der Waals surface area contributed by atoms with Gasteiger partial charge in [0.15, 0.2) is 0 Å². The number of amides is 2. The number of sulfonamides is 1. The summed E-state index contributed by atoms with van der Waals surface area (Å²) >= 11 is 0. The molecular weight excluding hydrogens is 550 g/mol. The van der Waals surface area contributed by atoms with E-state index in [4.69, 9.17) is 4.74 Å². The highest BCUT2D eigenvalue weighted by atomic mass is 32.2. The topological polar surface area (TPSA) is 96.0 Å². The number of carbonyl (C=O) groups excluding carboxylic acids is 2. The van der Waals surface area contributed by atoms with Crippen LogP contribution in [-0.2, 0) is 26.2 Å². The lowest BCUT2D eigenvalue weighted by Crippen LogP contribution is -2.53. The molecule has 8 nitrogen and oxygen atoms in total. The molecule has 1 saturated carbocycles. The first-order valence-corrected chi connectivity index (χ1v) is 15.9. The number of anilines is 1. The molecule has 0 heterocycles. The van der Waals surface area contributed by atoms with E-state index in [-0.39, 0.29) is 23.4 Å². The van der Waals surface area contributed by atoms with Crippen molar-refractivity contribution < 1.29 is 22.7 Å². The van der Waals surface area contributed by atoms with E-state index in [9.17, 15) is 18.0 Å². The molecule has 1 aliphatic carbocycles. The Bertz CT molecular complexity index is 1450. The standard InChI is InChI=1S/C33H41N3O5S/c1-24-10-16-29(17-11-24)36(42(39,40)31-20-12-25(2)13-21-31)23-32(37)35(22-27-14-18-30(41-4)19-15-27)26(3)33(38)34-28-8-6-5-7-9-28/h10-21,26,28H,5-9,22-23H2,1-4H3,(H,34,38)/t26-/m0/s1. The third-order valence-corrected chi connectivity index (χ3v) is 9.63. The summed E-state index contributed by atoms with van der Waals surface area (Å²) in [4.78, 5) is 29.1. The van der Waals surface area contributed by atoms with Gasteiger partial charge in [-0.3, -0.25) is 13.9 Å². The van der Waals surface area contributed by atoms with Gasteiger partial charge < -0.3 is 15.0 Å². The second-order valence-corrected chi connectivity index (χ2v) is 12.9. The number of rotatable bonds is 11. The maximum Gasteiger partial charge on any atom is 0.264 e. The van der Waals surface area contributed by atoms with Crippen LogP contribution < -0.4 is 14.4 Å². The van der Waals surface area contributed by atoms with E-state index in [1.54, 1.807) is 62.6 Å². The normalized spacial score (nSPS) is 14.6. The van der Waals surface area contributed by atoms with Crippen LogP contribution in [-0.4, -0.2) is 50.9 Å². The molecule has 1 atom stereocenters. The molecule has 3 aromatic carbocycles. The minimum absolute atomic E-state index is 0.0811. The Morgan fingerprint density at radius 2 is 1.45 bits per heavy atom. The number of hydrogen-bond acceptors (Lipinski definition) is 5. The van der Waals surface area contributed by atoms with Crippen LogP contribution in [0.3, 0.4) is 0 Å². The SMILES string of the molecule is COc1ccc(CN(C(=O)CN(c2ccc(C)cc2)S(=O)(=O)c2ccc(C)cc2)[C@@H](C)C(=O)NC2CCCCC2)cc1. The number of ether oxygens (including phenoxy) is 1. The summed E-state index contributed by atoms with van der Waals surface area (Å²) in [5.41, 5.74) is 3.06. The Morgan fingerprint density at radius 3 is 2.02 bits per heavy atom. The van der Waals surface area contributed by atoms with Crippen molar-refractivity contribution in [3.63, 3.8) is 0 Å². The van der Waals surface area contributed by atoms with Gasteiger partial charge in [-0.1, -0.05) is 66.8 Å². The van der Waals surface area contributed by atoms with Crippen LogP contribution in [0.2, 0.25) is 0 Å². The van der Waals surface area contributed by atoms with Crippen molar-refractivity contribution >= 4 is 27.5 Å². The zero-order chi connectivity index (χ0) is 30.3. The Balaban J connectivity index is 1.66. The van der Waals surface area contributed by atoms with E-state index in [1.165, 1.54) is 4.90 Å². The highest BCUT2D eigenvalue weighted by Crippen LogP contribution is 2.26. The van der Waals surface area contributed by atoms with Crippen LogP contribution in [0.15, 0.2) is 77.7 Å². The van der Waals surface area contributed by atoms with Gasteiger partial charge in [-0.05, 0) is 75.6 Å². The maximum atomic E-state index is 14.1. The Hall–Kier alpha value is -3.85. The summed E-state index contributed by atoms with van der Waals surface area (Å²) in [5, 5.41) is 3.13. The highest BCUT2D eigenvalue weighted by molar-refractivity contribution is 7.92. The molecule has 0 bridgehead atoms. The molecule has 2 amide bonds. The lowest BCUT2D eigenvalue weighted by molar-refractivity contribution is -0.139. The third kappa shape index (κ3) is 7.70. The largest absolute Gasteiger partial charge is 0.497 e. The Kier molecular flexibility index (Phi) is 10.3. The number of nitrogens with one attached hydrogen (secondary N) is 1. The maximum absolute atomic E-state index is 14.1. The second kappa shape index (κ2) is 13.9. The summed E-state index contributed by atoms with van der Waals surface area (Å²) in [6.07, 6.45) is 5.13. The molecule has 0 saturated heterocycles. The molecule has 0 radical (unpaired) electrons. The lowest BCUT2D eigenvalue weighted by Gasteiger charge is -2.33. The van der Waals surface area contributed by atoms with Gasteiger partial charge in [-0.2, -0.15) is 0 Å². The van der Waals surface area contributed by atoms with Crippen molar-refractivity contribution in [2.45, 2.75) is 76.4 Å². The van der Waals surface area contributed by atoms with Crippen molar-refractivity contribution in [1.82, 2.24) is 10.2 Å². The fraction of sp³-hybridized carbons (Fsp3) is 0.394. The molecule has 3 aromatic rings. The number of carbonyl (C=O) groups is 2. The predicted molar refractivity (Wildman–Crippen MR) is 165 cm³/mol. The summed E-state index contributed by atoms with van der Waals surface area (Å²) in [7, 11) is -2.51. The van der Waals surface area contributed by atoms with Crippen LogP contribution in [0.5, 0.6) is 5.75 Å². The zero-order valence-electron chi connectivity index (χ0n) is 24.9. The van der Waals surface area contributed by atoms with Crippen LogP contribution in [0, 0.1) is 13.8 Å². The van der Waals surface area contributed by atoms with Gasteiger partial charge in [0.2, 0.25) is 11.8 Å². The predicted octanol–water partition coefficient (Wildman–Crippen LogP) is 5.37. The summed E-state index contributed by atoms with van der Waals surface area (Å²) in [6.45, 7) is 5.17. The molecule has 1 fully saturated rings. The van der Waals surface area contributed by atoms with Crippen molar-refractivity contribution in [1.29, 1.82) is 0 Å². The van der Waals surface area contributed by atoms with Crippen LogP contribution >= 0.6 is 0 Å². The van der Waals surface area contributed by atoms with E-state index in [2.05, 4.69) is 5.32 Å². The molecule has 0 unspecified atom stereocenters. The summed E-state index contributed by atoms with van der Waals surface area (Å²) in [6, 6.07) is 20.1. The van der Waals surface area contributed by atoms with Gasteiger partial charge in [-0.25, -0.2) is 8.42 Å². The molecule has 1 aliphatic rings. The van der Waals surface area contributed by atoms with Gasteiger partial charge in [0, 0.05) is 12.6 Å². The Labute approximate surface area is 249 Å². The third-order valence-electron chi connectivity index (χ3n) is 7.84. The molecule has 0 spiro atoms. The van der Waals surface area contributed by atoms with Gasteiger partial charge in [0.25, 0.3) is 10.0 Å². The van der Waals surface area contributed by atoms with E-state index in [0.29, 0.717) is 11.4 Å². The zero-order valence-corrected chi connectivity index (χ0v) is 25.7. The molecule has 224 valence electrons. The molecule has 1 N–H and O–H groups in total. The molecule has 9 heteroatoms. The number of nitrogens with zero attached hydrogens (tertiary/aromatic N) is 2. The number of methoxy groups -OCH3 is 1. The van der Waals surface area contributed by atoms with Gasteiger partial charge in [0.05, 0.1) is 17.7 Å². The number of aryl methyl sites for hydroxylation is 2. The average molecular weight is 592 g/mol. The number of benzene rings is 3.